The molecule has 2 heterocycles. The minimum absolute atomic E-state index is 0.0428. The highest BCUT2D eigenvalue weighted by Crippen LogP contribution is 2.27. The molecule has 0 unspecified atom stereocenters. The van der Waals surface area contributed by atoms with E-state index in [1.807, 2.05) is 0 Å². The van der Waals surface area contributed by atoms with Crippen LogP contribution in [-0.4, -0.2) is 72.6 Å². The topological polar surface area (TPSA) is 129 Å². The number of carbonyl (C=O) groups is 3. The first-order valence-corrected chi connectivity index (χ1v) is 9.29. The molecule has 4 amide bonds. The van der Waals surface area contributed by atoms with Crippen LogP contribution >= 0.6 is 0 Å². The van der Waals surface area contributed by atoms with Gasteiger partial charge in [0.25, 0.3) is 0 Å². The molecule has 2 fully saturated rings. The van der Waals surface area contributed by atoms with Crippen LogP contribution in [0.15, 0.2) is 0 Å². The molecule has 9 nitrogen and oxygen atoms in total. The summed E-state index contributed by atoms with van der Waals surface area (Å²) in [5.41, 5.74) is 3.67. The number of urea groups is 1. The van der Waals surface area contributed by atoms with E-state index in [0.29, 0.717) is 52.2 Å². The van der Waals surface area contributed by atoms with Gasteiger partial charge in [0, 0.05) is 51.9 Å². The van der Waals surface area contributed by atoms with Crippen LogP contribution in [0.25, 0.3) is 0 Å². The lowest BCUT2D eigenvalue weighted by atomic mass is 9.83. The second-order valence-electron chi connectivity index (χ2n) is 8.10. The number of nitrogens with two attached hydrogens (primary N) is 1. The monoisotopic (exact) mass is 379 g/mol. The van der Waals surface area contributed by atoms with Gasteiger partial charge >= 0.3 is 6.03 Å². The van der Waals surface area contributed by atoms with Crippen molar-refractivity contribution in [1.29, 1.82) is 5.26 Å². The second-order valence-corrected chi connectivity index (χ2v) is 8.10. The highest BCUT2D eigenvalue weighted by atomic mass is 16.5. The van der Waals surface area contributed by atoms with Crippen molar-refractivity contribution in [1.82, 2.24) is 15.1 Å². The van der Waals surface area contributed by atoms with Crippen LogP contribution in [0, 0.1) is 16.7 Å². The number of primary amides is 1. The Bertz CT molecular complexity index is 614. The average Bonchev–Trinajstić information content (AvgIpc) is 2.60. The van der Waals surface area contributed by atoms with Gasteiger partial charge in [0.15, 0.2) is 0 Å². The molecule has 3 N–H and O–H groups in total. The van der Waals surface area contributed by atoms with Crippen LogP contribution in [0.3, 0.4) is 0 Å². The molecule has 2 aliphatic heterocycles. The Morgan fingerprint density at radius 2 is 1.67 bits per heavy atom. The first kappa shape index (κ1) is 21.0. The number of ether oxygens (including phenoxy) is 1. The highest BCUT2D eigenvalue weighted by molar-refractivity contribution is 5.80. The van der Waals surface area contributed by atoms with E-state index in [1.165, 1.54) is 0 Å². The van der Waals surface area contributed by atoms with Gasteiger partial charge in [-0.05, 0) is 5.41 Å². The van der Waals surface area contributed by atoms with E-state index in [-0.39, 0.29) is 24.8 Å². The molecule has 0 aromatic heterocycles. The number of rotatable bonds is 5. The summed E-state index contributed by atoms with van der Waals surface area (Å²) in [7, 11) is 0. The van der Waals surface area contributed by atoms with Gasteiger partial charge in [0.1, 0.15) is 5.54 Å². The number of likely N-dealkylation sites (tertiary alicyclic amines) is 1. The molecule has 2 saturated heterocycles. The summed E-state index contributed by atoms with van der Waals surface area (Å²) in [6.45, 7) is 6.63. The minimum Gasteiger partial charge on any atom is -0.378 e. The lowest BCUT2D eigenvalue weighted by molar-refractivity contribution is -0.126. The van der Waals surface area contributed by atoms with Crippen molar-refractivity contribution in [3.05, 3.63) is 0 Å². The number of nitrogens with one attached hydrogen (secondary N) is 1. The molecular formula is C18H29N5O4. The SMILES string of the molecule is CC(C)(CC(N)=O)CC(=O)NC1(C#N)CCN(C(=O)N2CCOCC2)CC1. The largest absolute Gasteiger partial charge is 0.378 e. The molecule has 0 bridgehead atoms. The lowest BCUT2D eigenvalue weighted by Gasteiger charge is -2.40. The van der Waals surface area contributed by atoms with Crippen LogP contribution in [-0.2, 0) is 14.3 Å². The maximum Gasteiger partial charge on any atom is 0.320 e. The zero-order chi connectivity index (χ0) is 20.1. The number of hydrogen-bond acceptors (Lipinski definition) is 5. The van der Waals surface area contributed by atoms with E-state index in [2.05, 4.69) is 11.4 Å². The van der Waals surface area contributed by atoms with Crippen LogP contribution in [0.4, 0.5) is 4.79 Å². The number of carbonyl (C=O) groups excluding carboxylic acids is 3. The average molecular weight is 379 g/mol. The van der Waals surface area contributed by atoms with Gasteiger partial charge in [-0.15, -0.1) is 0 Å². The predicted molar refractivity (Wildman–Crippen MR) is 97.3 cm³/mol. The number of morpholine rings is 1. The summed E-state index contributed by atoms with van der Waals surface area (Å²) >= 11 is 0. The van der Waals surface area contributed by atoms with Crippen LogP contribution in [0.5, 0.6) is 0 Å². The number of nitriles is 1. The van der Waals surface area contributed by atoms with E-state index in [9.17, 15) is 19.6 Å². The molecule has 0 saturated carbocycles. The van der Waals surface area contributed by atoms with Crippen molar-refractivity contribution < 1.29 is 19.1 Å². The van der Waals surface area contributed by atoms with Crippen molar-refractivity contribution in [2.75, 3.05) is 39.4 Å². The van der Waals surface area contributed by atoms with Crippen molar-refractivity contribution in [3.8, 4) is 6.07 Å². The van der Waals surface area contributed by atoms with Crippen LogP contribution in [0.2, 0.25) is 0 Å². The van der Waals surface area contributed by atoms with Gasteiger partial charge in [-0.2, -0.15) is 5.26 Å². The van der Waals surface area contributed by atoms with Crippen molar-refractivity contribution in [2.24, 2.45) is 11.1 Å². The summed E-state index contributed by atoms with van der Waals surface area (Å²) < 4.78 is 5.26. The van der Waals surface area contributed by atoms with Gasteiger partial charge in [0.2, 0.25) is 11.8 Å². The maximum atomic E-state index is 12.5. The van der Waals surface area contributed by atoms with E-state index >= 15 is 0 Å². The molecular weight excluding hydrogens is 350 g/mol. The molecule has 9 heteroatoms. The Kier molecular flexibility index (Phi) is 6.65. The molecule has 2 aliphatic rings. The van der Waals surface area contributed by atoms with Gasteiger partial charge in [-0.25, -0.2) is 4.79 Å². The zero-order valence-corrected chi connectivity index (χ0v) is 16.1. The number of piperidine rings is 1. The molecule has 0 aliphatic carbocycles. The van der Waals surface area contributed by atoms with E-state index in [1.54, 1.807) is 23.6 Å². The Labute approximate surface area is 159 Å². The van der Waals surface area contributed by atoms with E-state index < -0.39 is 16.9 Å². The molecule has 0 aromatic rings. The number of hydrogen-bond donors (Lipinski definition) is 2. The van der Waals surface area contributed by atoms with Gasteiger partial charge < -0.3 is 25.6 Å². The number of amides is 4. The normalized spacial score (nSPS) is 19.9. The fraction of sp³-hybridized carbons (Fsp3) is 0.778. The third-order valence-electron chi connectivity index (χ3n) is 5.05. The number of nitrogens with zero attached hydrogens (tertiary/aromatic N) is 3. The molecule has 0 aromatic carbocycles. The summed E-state index contributed by atoms with van der Waals surface area (Å²) in [6.07, 6.45) is 0.959. The van der Waals surface area contributed by atoms with Gasteiger partial charge in [0.05, 0.1) is 19.3 Å². The standard InChI is InChI=1S/C18H29N5O4/c1-17(2,11-14(20)24)12-15(25)21-18(13-19)3-5-22(6-4-18)16(26)23-7-9-27-10-8-23/h3-12H2,1-2H3,(H2,20,24)(H,21,25). The Morgan fingerprint density at radius 1 is 1.11 bits per heavy atom. The smallest absolute Gasteiger partial charge is 0.320 e. The summed E-state index contributed by atoms with van der Waals surface area (Å²) in [5, 5.41) is 12.5. The fourth-order valence-corrected chi connectivity index (χ4v) is 3.58. The summed E-state index contributed by atoms with van der Waals surface area (Å²) in [6, 6.07) is 2.18. The van der Waals surface area contributed by atoms with Gasteiger partial charge in [-0.3, -0.25) is 9.59 Å². The van der Waals surface area contributed by atoms with E-state index in [4.69, 9.17) is 10.5 Å². The van der Waals surface area contributed by atoms with E-state index in [0.717, 1.165) is 0 Å². The highest BCUT2D eigenvalue weighted by Gasteiger charge is 2.39. The molecule has 27 heavy (non-hydrogen) atoms. The van der Waals surface area contributed by atoms with Crippen molar-refractivity contribution in [2.45, 2.75) is 45.1 Å². The minimum atomic E-state index is -0.984. The maximum absolute atomic E-state index is 12.5. The molecule has 150 valence electrons. The molecule has 0 radical (unpaired) electrons. The predicted octanol–water partition coefficient (Wildman–Crippen LogP) is 0.205. The van der Waals surface area contributed by atoms with Crippen molar-refractivity contribution in [3.63, 3.8) is 0 Å². The first-order chi connectivity index (χ1) is 12.7. The molecule has 0 spiro atoms. The quantitative estimate of drug-likeness (QED) is 0.705. The summed E-state index contributed by atoms with van der Waals surface area (Å²) in [5.74, 6) is -0.742. The third-order valence-corrected chi connectivity index (χ3v) is 5.05. The fourth-order valence-electron chi connectivity index (χ4n) is 3.58. The third kappa shape index (κ3) is 5.82. The first-order valence-electron chi connectivity index (χ1n) is 9.29. The Morgan fingerprint density at radius 3 is 2.19 bits per heavy atom. The Hall–Kier alpha value is -2.34. The second kappa shape index (κ2) is 8.57. The molecule has 0 atom stereocenters. The van der Waals surface area contributed by atoms with Gasteiger partial charge in [-0.1, -0.05) is 13.8 Å². The van der Waals surface area contributed by atoms with Crippen LogP contribution < -0.4 is 11.1 Å². The summed E-state index contributed by atoms with van der Waals surface area (Å²) in [4.78, 5) is 39.6. The molecule has 2 rings (SSSR count). The Balaban J connectivity index is 1.89. The zero-order valence-electron chi connectivity index (χ0n) is 16.1. The lowest BCUT2D eigenvalue weighted by Crippen LogP contribution is -2.58. The van der Waals surface area contributed by atoms with Crippen molar-refractivity contribution >= 4 is 17.8 Å². The van der Waals surface area contributed by atoms with Crippen LogP contribution in [0.1, 0.15) is 39.5 Å².